The molecule has 1 N–H and O–H groups in total. The molecule has 0 heterocycles. The van der Waals surface area contributed by atoms with Crippen molar-refractivity contribution in [2.75, 3.05) is 0 Å². The molecule has 1 aromatic rings. The summed E-state index contributed by atoms with van der Waals surface area (Å²) >= 11 is 0. The number of aliphatic carboxylic acids is 1. The van der Waals surface area contributed by atoms with Crippen molar-refractivity contribution in [2.24, 2.45) is 5.92 Å². The summed E-state index contributed by atoms with van der Waals surface area (Å²) in [6.07, 6.45) is 5.71. The number of carboxylic acid groups (broad SMARTS) is 1. The lowest BCUT2D eigenvalue weighted by atomic mass is 10.1. The Kier molecular flexibility index (Phi) is 4.35. The van der Waals surface area contributed by atoms with Crippen LogP contribution in [0.5, 0.6) is 0 Å². The van der Waals surface area contributed by atoms with E-state index in [0.717, 1.165) is 5.56 Å². The molecular formula is C13H14O2. The lowest BCUT2D eigenvalue weighted by Gasteiger charge is -2.01. The van der Waals surface area contributed by atoms with Gasteiger partial charge in [0, 0.05) is 0 Å². The summed E-state index contributed by atoms with van der Waals surface area (Å²) < 4.78 is 0. The van der Waals surface area contributed by atoms with Crippen LogP contribution in [-0.2, 0) is 4.79 Å². The van der Waals surface area contributed by atoms with Crippen LogP contribution in [-0.4, -0.2) is 11.1 Å². The number of rotatable bonds is 5. The Morgan fingerprint density at radius 1 is 1.40 bits per heavy atom. The van der Waals surface area contributed by atoms with Gasteiger partial charge in [-0.3, -0.25) is 4.79 Å². The normalized spacial score (nSPS) is 12.5. The zero-order chi connectivity index (χ0) is 11.1. The summed E-state index contributed by atoms with van der Waals surface area (Å²) in [5.41, 5.74) is 1.07. The van der Waals surface area contributed by atoms with Crippen molar-refractivity contribution in [3.8, 4) is 0 Å². The van der Waals surface area contributed by atoms with Crippen LogP contribution in [0.4, 0.5) is 0 Å². The maximum Gasteiger partial charge on any atom is 0.310 e. The minimum absolute atomic E-state index is 0.480. The minimum Gasteiger partial charge on any atom is -0.481 e. The highest BCUT2D eigenvalue weighted by Crippen LogP contribution is 2.08. The Hall–Kier alpha value is -1.83. The topological polar surface area (TPSA) is 37.3 Å². The van der Waals surface area contributed by atoms with E-state index >= 15 is 0 Å². The molecule has 0 saturated heterocycles. The van der Waals surface area contributed by atoms with E-state index < -0.39 is 11.9 Å². The zero-order valence-corrected chi connectivity index (χ0v) is 8.47. The number of benzene rings is 1. The molecule has 0 aliphatic heterocycles. The highest BCUT2D eigenvalue weighted by atomic mass is 16.4. The van der Waals surface area contributed by atoms with Crippen LogP contribution in [0.3, 0.4) is 0 Å². The van der Waals surface area contributed by atoms with E-state index in [4.69, 9.17) is 5.11 Å². The van der Waals surface area contributed by atoms with Gasteiger partial charge in [0.25, 0.3) is 0 Å². The predicted molar refractivity (Wildman–Crippen MR) is 61.4 cm³/mol. The molecule has 0 saturated carbocycles. The fourth-order valence-electron chi connectivity index (χ4n) is 1.21. The van der Waals surface area contributed by atoms with Gasteiger partial charge in [-0.1, -0.05) is 48.6 Å². The van der Waals surface area contributed by atoms with Crippen molar-refractivity contribution in [3.05, 3.63) is 54.6 Å². The van der Waals surface area contributed by atoms with Crippen molar-refractivity contribution in [2.45, 2.75) is 6.42 Å². The SMILES string of the molecule is C=CC(C/C=C/c1ccccc1)C(=O)O. The van der Waals surface area contributed by atoms with Crippen LogP contribution in [0.15, 0.2) is 49.1 Å². The van der Waals surface area contributed by atoms with Gasteiger partial charge in [-0.25, -0.2) is 0 Å². The molecule has 1 rings (SSSR count). The number of hydrogen-bond donors (Lipinski definition) is 1. The van der Waals surface area contributed by atoms with Gasteiger partial charge < -0.3 is 5.11 Å². The summed E-state index contributed by atoms with van der Waals surface area (Å²) in [7, 11) is 0. The number of carbonyl (C=O) groups is 1. The second kappa shape index (κ2) is 5.81. The molecule has 1 aromatic carbocycles. The standard InChI is InChI=1S/C13H14O2/c1-2-12(13(14)15)10-6-9-11-7-4-3-5-8-11/h2-9,12H,1,10H2,(H,14,15)/b9-6+. The first kappa shape index (κ1) is 11.2. The van der Waals surface area contributed by atoms with Crippen LogP contribution in [0.2, 0.25) is 0 Å². The van der Waals surface area contributed by atoms with Crippen LogP contribution in [0, 0.1) is 5.92 Å². The molecule has 0 fully saturated rings. The Morgan fingerprint density at radius 2 is 2.07 bits per heavy atom. The fraction of sp³-hybridized carbons (Fsp3) is 0.154. The van der Waals surface area contributed by atoms with E-state index in [1.54, 1.807) is 0 Å². The van der Waals surface area contributed by atoms with E-state index in [9.17, 15) is 4.79 Å². The third kappa shape index (κ3) is 3.81. The predicted octanol–water partition coefficient (Wildman–Crippen LogP) is 2.98. The molecule has 15 heavy (non-hydrogen) atoms. The molecule has 0 radical (unpaired) electrons. The molecule has 0 aliphatic carbocycles. The second-order valence-corrected chi connectivity index (χ2v) is 3.23. The van der Waals surface area contributed by atoms with Crippen LogP contribution in [0.1, 0.15) is 12.0 Å². The van der Waals surface area contributed by atoms with Crippen LogP contribution in [0.25, 0.3) is 6.08 Å². The highest BCUT2D eigenvalue weighted by Gasteiger charge is 2.09. The molecular weight excluding hydrogens is 188 g/mol. The van der Waals surface area contributed by atoms with Gasteiger partial charge in [0.05, 0.1) is 5.92 Å². The summed E-state index contributed by atoms with van der Waals surface area (Å²) in [4.78, 5) is 10.7. The van der Waals surface area contributed by atoms with Gasteiger partial charge in [-0.05, 0) is 12.0 Å². The molecule has 0 spiro atoms. The monoisotopic (exact) mass is 202 g/mol. The van der Waals surface area contributed by atoms with Crippen molar-refractivity contribution >= 4 is 12.0 Å². The molecule has 2 nitrogen and oxygen atoms in total. The molecule has 0 amide bonds. The largest absolute Gasteiger partial charge is 0.481 e. The van der Waals surface area contributed by atoms with Crippen molar-refractivity contribution in [1.29, 1.82) is 0 Å². The Morgan fingerprint density at radius 3 is 2.60 bits per heavy atom. The smallest absolute Gasteiger partial charge is 0.310 e. The van der Waals surface area contributed by atoms with Crippen LogP contribution < -0.4 is 0 Å². The van der Waals surface area contributed by atoms with Gasteiger partial charge in [-0.2, -0.15) is 0 Å². The maximum absolute atomic E-state index is 10.7. The molecule has 1 atom stereocenters. The molecule has 0 aromatic heterocycles. The summed E-state index contributed by atoms with van der Waals surface area (Å²) in [5, 5.41) is 8.77. The second-order valence-electron chi connectivity index (χ2n) is 3.23. The minimum atomic E-state index is -0.831. The third-order valence-electron chi connectivity index (χ3n) is 2.10. The summed E-state index contributed by atoms with van der Waals surface area (Å²) in [6.45, 7) is 3.49. The van der Waals surface area contributed by atoms with Crippen molar-refractivity contribution in [1.82, 2.24) is 0 Å². The highest BCUT2D eigenvalue weighted by molar-refractivity contribution is 5.72. The lowest BCUT2D eigenvalue weighted by Crippen LogP contribution is -2.08. The number of allylic oxidation sites excluding steroid dienone is 1. The van der Waals surface area contributed by atoms with Gasteiger partial charge in [0.2, 0.25) is 0 Å². The third-order valence-corrected chi connectivity index (χ3v) is 2.10. The van der Waals surface area contributed by atoms with Gasteiger partial charge in [-0.15, -0.1) is 6.58 Å². The first-order chi connectivity index (χ1) is 7.24. The Balaban J connectivity index is 2.53. The van der Waals surface area contributed by atoms with E-state index in [1.807, 2.05) is 42.5 Å². The van der Waals surface area contributed by atoms with Crippen LogP contribution >= 0.6 is 0 Å². The van der Waals surface area contributed by atoms with Crippen molar-refractivity contribution < 1.29 is 9.90 Å². The maximum atomic E-state index is 10.7. The van der Waals surface area contributed by atoms with Gasteiger partial charge in [0.1, 0.15) is 0 Å². The number of carboxylic acids is 1. The fourth-order valence-corrected chi connectivity index (χ4v) is 1.21. The zero-order valence-electron chi connectivity index (χ0n) is 8.47. The molecule has 78 valence electrons. The Labute approximate surface area is 89.6 Å². The summed E-state index contributed by atoms with van der Waals surface area (Å²) in [6, 6.07) is 9.78. The average Bonchev–Trinajstić information content (AvgIpc) is 2.25. The van der Waals surface area contributed by atoms with E-state index in [-0.39, 0.29) is 0 Å². The molecule has 2 heteroatoms. The quantitative estimate of drug-likeness (QED) is 0.745. The van der Waals surface area contributed by atoms with Crippen molar-refractivity contribution in [3.63, 3.8) is 0 Å². The Bertz CT molecular complexity index is 352. The van der Waals surface area contributed by atoms with Gasteiger partial charge >= 0.3 is 5.97 Å². The van der Waals surface area contributed by atoms with E-state index in [1.165, 1.54) is 6.08 Å². The molecule has 1 unspecified atom stereocenters. The molecule has 0 bridgehead atoms. The van der Waals surface area contributed by atoms with E-state index in [0.29, 0.717) is 6.42 Å². The first-order valence-electron chi connectivity index (χ1n) is 4.81. The summed E-state index contributed by atoms with van der Waals surface area (Å²) in [5.74, 6) is -1.33. The van der Waals surface area contributed by atoms with E-state index in [2.05, 4.69) is 6.58 Å². The number of hydrogen-bond acceptors (Lipinski definition) is 1. The van der Waals surface area contributed by atoms with Gasteiger partial charge in [0.15, 0.2) is 0 Å². The first-order valence-corrected chi connectivity index (χ1v) is 4.81. The lowest BCUT2D eigenvalue weighted by molar-refractivity contribution is -0.139. The average molecular weight is 202 g/mol. The molecule has 0 aliphatic rings.